The number of nitrogens with zero attached hydrogens (tertiary/aromatic N) is 2. The van der Waals surface area contributed by atoms with Gasteiger partial charge in [0.25, 0.3) is 0 Å². The largest absolute Gasteiger partial charge is 0.334 e. The fourth-order valence-electron chi connectivity index (χ4n) is 3.66. The van der Waals surface area contributed by atoms with Crippen molar-refractivity contribution in [2.24, 2.45) is 11.8 Å². The van der Waals surface area contributed by atoms with E-state index in [1.807, 2.05) is 30.0 Å². The van der Waals surface area contributed by atoms with Gasteiger partial charge in [0.2, 0.25) is 5.91 Å². The van der Waals surface area contributed by atoms with Gasteiger partial charge in [0.1, 0.15) is 5.82 Å². The molecule has 0 saturated carbocycles. The van der Waals surface area contributed by atoms with Crippen LogP contribution in [0.3, 0.4) is 0 Å². The summed E-state index contributed by atoms with van der Waals surface area (Å²) in [5, 5.41) is 3.40. The Kier molecular flexibility index (Phi) is 3.95. The smallest absolute Gasteiger partial charge is 0.237 e. The first-order valence-electron chi connectivity index (χ1n) is 7.46. The summed E-state index contributed by atoms with van der Waals surface area (Å²) < 4.78 is 13.6. The summed E-state index contributed by atoms with van der Waals surface area (Å²) in [7, 11) is 3.79. The highest BCUT2D eigenvalue weighted by atomic mass is 19.1. The fraction of sp³-hybridized carbons (Fsp3) is 0.562. The molecule has 0 spiro atoms. The minimum Gasteiger partial charge on any atom is -0.334 e. The van der Waals surface area contributed by atoms with Crippen molar-refractivity contribution in [1.82, 2.24) is 15.1 Å². The minimum absolute atomic E-state index is 0.00634. The van der Waals surface area contributed by atoms with Gasteiger partial charge in [0.05, 0.1) is 12.6 Å². The highest BCUT2D eigenvalue weighted by molar-refractivity contribution is 5.79. The Hall–Kier alpha value is -1.46. The number of benzene rings is 1. The van der Waals surface area contributed by atoms with Crippen LogP contribution in [0.2, 0.25) is 0 Å². The van der Waals surface area contributed by atoms with Crippen molar-refractivity contribution >= 4 is 5.91 Å². The third-order valence-electron chi connectivity index (χ3n) is 4.53. The zero-order valence-electron chi connectivity index (χ0n) is 12.6. The van der Waals surface area contributed by atoms with Crippen LogP contribution in [-0.4, -0.2) is 56.0 Å². The van der Waals surface area contributed by atoms with Gasteiger partial charge in [-0.05, 0) is 37.7 Å². The molecule has 2 fully saturated rings. The maximum atomic E-state index is 13.6. The quantitative estimate of drug-likeness (QED) is 0.906. The maximum absolute atomic E-state index is 13.6. The number of likely N-dealkylation sites (tertiary alicyclic amines) is 1. The molecule has 114 valence electrons. The Morgan fingerprint density at radius 2 is 2.24 bits per heavy atom. The van der Waals surface area contributed by atoms with Gasteiger partial charge in [-0.15, -0.1) is 0 Å². The summed E-state index contributed by atoms with van der Waals surface area (Å²) in [6.07, 6.45) is 0. The molecule has 5 heteroatoms. The molecule has 0 radical (unpaired) electrons. The average Bonchev–Trinajstić information content (AvgIpc) is 2.97. The van der Waals surface area contributed by atoms with Crippen molar-refractivity contribution in [3.8, 4) is 0 Å². The third kappa shape index (κ3) is 2.80. The van der Waals surface area contributed by atoms with Crippen LogP contribution in [0, 0.1) is 17.7 Å². The van der Waals surface area contributed by atoms with Crippen molar-refractivity contribution in [1.29, 1.82) is 0 Å². The van der Waals surface area contributed by atoms with Gasteiger partial charge in [-0.2, -0.15) is 0 Å². The number of nitrogens with one attached hydrogen (secondary N) is 1. The first-order chi connectivity index (χ1) is 10.1. The second kappa shape index (κ2) is 5.73. The van der Waals surface area contributed by atoms with Crippen LogP contribution in [0.15, 0.2) is 24.3 Å². The molecule has 3 atom stereocenters. The third-order valence-corrected chi connectivity index (χ3v) is 4.53. The number of fused-ring (bicyclic) bond motifs is 1. The average molecular weight is 291 g/mol. The lowest BCUT2D eigenvalue weighted by Gasteiger charge is -2.29. The molecular weight excluding hydrogens is 269 g/mol. The second-order valence-electron chi connectivity index (χ2n) is 6.37. The predicted molar refractivity (Wildman–Crippen MR) is 79.3 cm³/mol. The Labute approximate surface area is 124 Å². The molecule has 2 heterocycles. The summed E-state index contributed by atoms with van der Waals surface area (Å²) in [5.41, 5.74) is 0.915. The SMILES string of the molecule is CN(C)CC(=O)N1C[C@@H]2CNC[C@@H]2[C@H]1c1cccc(F)c1. The van der Waals surface area contributed by atoms with Crippen LogP contribution < -0.4 is 5.32 Å². The molecule has 2 aliphatic heterocycles. The van der Waals surface area contributed by atoms with Crippen molar-refractivity contribution in [3.63, 3.8) is 0 Å². The van der Waals surface area contributed by atoms with E-state index >= 15 is 0 Å². The molecule has 0 aliphatic carbocycles. The summed E-state index contributed by atoms with van der Waals surface area (Å²) >= 11 is 0. The number of rotatable bonds is 3. The Morgan fingerprint density at radius 3 is 2.95 bits per heavy atom. The van der Waals surface area contributed by atoms with E-state index in [0.717, 1.165) is 25.2 Å². The van der Waals surface area contributed by atoms with Crippen LogP contribution >= 0.6 is 0 Å². The van der Waals surface area contributed by atoms with Gasteiger partial charge in [-0.25, -0.2) is 4.39 Å². The lowest BCUT2D eigenvalue weighted by Crippen LogP contribution is -2.39. The van der Waals surface area contributed by atoms with Crippen molar-refractivity contribution in [2.75, 3.05) is 40.3 Å². The molecule has 1 aromatic carbocycles. The highest BCUT2D eigenvalue weighted by Gasteiger charge is 2.46. The van der Waals surface area contributed by atoms with Crippen LogP contribution in [0.5, 0.6) is 0 Å². The zero-order valence-corrected chi connectivity index (χ0v) is 12.6. The van der Waals surface area contributed by atoms with Crippen LogP contribution in [-0.2, 0) is 4.79 Å². The van der Waals surface area contributed by atoms with Gasteiger partial charge < -0.3 is 15.1 Å². The van der Waals surface area contributed by atoms with E-state index in [1.165, 1.54) is 6.07 Å². The zero-order chi connectivity index (χ0) is 15.0. The topological polar surface area (TPSA) is 35.6 Å². The van der Waals surface area contributed by atoms with Crippen molar-refractivity contribution < 1.29 is 9.18 Å². The number of hydrogen-bond donors (Lipinski definition) is 1. The molecule has 2 aliphatic rings. The summed E-state index contributed by atoms with van der Waals surface area (Å²) in [5.74, 6) is 0.757. The molecule has 0 unspecified atom stereocenters. The summed E-state index contributed by atoms with van der Waals surface area (Å²) in [6.45, 7) is 3.02. The second-order valence-corrected chi connectivity index (χ2v) is 6.37. The van der Waals surface area contributed by atoms with E-state index in [2.05, 4.69) is 5.32 Å². The van der Waals surface area contributed by atoms with Gasteiger partial charge in [-0.1, -0.05) is 12.1 Å². The normalized spacial score (nSPS) is 28.2. The molecule has 3 rings (SSSR count). The predicted octanol–water partition coefficient (Wildman–Crippen LogP) is 1.11. The standard InChI is InChI=1S/C16H22FN3O/c1-19(2)10-15(21)20-9-12-7-18-8-14(12)16(20)11-4-3-5-13(17)6-11/h3-6,12,14,16,18H,7-10H2,1-2H3/t12-,14-,16+/m0/s1. The van der Waals surface area contributed by atoms with E-state index in [1.54, 1.807) is 12.1 Å². The fourth-order valence-corrected chi connectivity index (χ4v) is 3.66. The lowest BCUT2D eigenvalue weighted by molar-refractivity contribution is -0.133. The van der Waals surface area contributed by atoms with Gasteiger partial charge >= 0.3 is 0 Å². The minimum atomic E-state index is -0.234. The van der Waals surface area contributed by atoms with E-state index in [9.17, 15) is 9.18 Å². The molecule has 1 amide bonds. The number of carbonyl (C=O) groups is 1. The highest BCUT2D eigenvalue weighted by Crippen LogP contribution is 2.42. The molecule has 0 aromatic heterocycles. The van der Waals surface area contributed by atoms with Crippen molar-refractivity contribution in [2.45, 2.75) is 6.04 Å². The number of hydrogen-bond acceptors (Lipinski definition) is 3. The van der Waals surface area contributed by atoms with Crippen LogP contribution in [0.4, 0.5) is 4.39 Å². The first-order valence-corrected chi connectivity index (χ1v) is 7.46. The van der Waals surface area contributed by atoms with Gasteiger partial charge in [-0.3, -0.25) is 4.79 Å². The van der Waals surface area contributed by atoms with E-state index in [0.29, 0.717) is 18.4 Å². The van der Waals surface area contributed by atoms with Crippen LogP contribution in [0.25, 0.3) is 0 Å². The van der Waals surface area contributed by atoms with Gasteiger partial charge in [0.15, 0.2) is 0 Å². The van der Waals surface area contributed by atoms with E-state index in [-0.39, 0.29) is 17.8 Å². The molecule has 4 nitrogen and oxygen atoms in total. The van der Waals surface area contributed by atoms with Crippen LogP contribution in [0.1, 0.15) is 11.6 Å². The summed E-state index contributed by atoms with van der Waals surface area (Å²) in [6, 6.07) is 6.68. The molecule has 1 aromatic rings. The van der Waals surface area contributed by atoms with E-state index < -0.39 is 0 Å². The van der Waals surface area contributed by atoms with Crippen molar-refractivity contribution in [3.05, 3.63) is 35.6 Å². The van der Waals surface area contributed by atoms with E-state index in [4.69, 9.17) is 0 Å². The number of amides is 1. The molecular formula is C16H22FN3O. The van der Waals surface area contributed by atoms with Gasteiger partial charge in [0, 0.05) is 25.6 Å². The number of halogens is 1. The monoisotopic (exact) mass is 291 g/mol. The lowest BCUT2D eigenvalue weighted by atomic mass is 9.89. The molecule has 21 heavy (non-hydrogen) atoms. The number of likely N-dealkylation sites (N-methyl/N-ethyl adjacent to an activating group) is 1. The molecule has 0 bridgehead atoms. The Balaban J connectivity index is 1.90. The summed E-state index contributed by atoms with van der Waals surface area (Å²) in [4.78, 5) is 16.4. The maximum Gasteiger partial charge on any atom is 0.237 e. The molecule has 1 N–H and O–H groups in total. The number of carbonyl (C=O) groups excluding carboxylic acids is 1. The Morgan fingerprint density at radius 1 is 1.43 bits per heavy atom. The first kappa shape index (κ1) is 14.5. The molecule has 2 saturated heterocycles. The Bertz CT molecular complexity index is 534.